The number of halogens is 2. The van der Waals surface area contributed by atoms with E-state index in [1.54, 1.807) is 10.6 Å². The van der Waals surface area contributed by atoms with Gasteiger partial charge in [-0.05, 0) is 43.4 Å². The molecule has 0 radical (unpaired) electrons. The van der Waals surface area contributed by atoms with E-state index in [-0.39, 0.29) is 60.2 Å². The second-order valence-electron chi connectivity index (χ2n) is 10.9. The van der Waals surface area contributed by atoms with Crippen LogP contribution in [-0.4, -0.2) is 61.6 Å². The molecule has 2 unspecified atom stereocenters. The van der Waals surface area contributed by atoms with Gasteiger partial charge in [0.05, 0.1) is 52.8 Å². The summed E-state index contributed by atoms with van der Waals surface area (Å²) >= 11 is 6.23. The Hall–Kier alpha value is -4.38. The third-order valence-corrected chi connectivity index (χ3v) is 8.25. The molecule has 1 aromatic carbocycles. The van der Waals surface area contributed by atoms with Gasteiger partial charge < -0.3 is 30.2 Å². The topological polar surface area (TPSA) is 189 Å². The number of carbonyl (C=O) groups excluding carboxylic acids is 3. The average Bonchev–Trinajstić information content (AvgIpc) is 3.40. The van der Waals surface area contributed by atoms with Gasteiger partial charge in [0.1, 0.15) is 12.4 Å². The van der Waals surface area contributed by atoms with Crippen molar-refractivity contribution in [3.8, 4) is 17.5 Å². The number of aromatic nitrogens is 2. The summed E-state index contributed by atoms with van der Waals surface area (Å²) in [5.74, 6) is -2.27. The Morgan fingerprint density at radius 1 is 1.24 bits per heavy atom. The number of pyridine rings is 2. The van der Waals surface area contributed by atoms with Crippen LogP contribution in [0, 0.1) is 17.1 Å². The maximum absolute atomic E-state index is 14.4. The molecule has 1 aliphatic carbocycles. The second kappa shape index (κ2) is 14.4. The number of benzene rings is 1. The highest BCUT2D eigenvalue weighted by molar-refractivity contribution is 6.32. The van der Waals surface area contributed by atoms with E-state index in [4.69, 9.17) is 32.4 Å². The maximum atomic E-state index is 14.4. The minimum Gasteiger partial charge on any atom is -0.458 e. The van der Waals surface area contributed by atoms with Crippen LogP contribution in [0.4, 0.5) is 4.39 Å². The van der Waals surface area contributed by atoms with Crippen LogP contribution >= 0.6 is 11.6 Å². The smallest absolute Gasteiger partial charge is 0.340 e. The molecule has 2 atom stereocenters. The van der Waals surface area contributed by atoms with Gasteiger partial charge in [0.2, 0.25) is 11.8 Å². The first-order valence-electron chi connectivity index (χ1n) is 15.0. The maximum Gasteiger partial charge on any atom is 0.340 e. The molecule has 14 heteroatoms. The van der Waals surface area contributed by atoms with Crippen molar-refractivity contribution >= 4 is 40.3 Å². The van der Waals surface area contributed by atoms with Crippen LogP contribution in [0.5, 0.6) is 0 Å². The summed E-state index contributed by atoms with van der Waals surface area (Å²) in [6.45, 7) is 5.51. The summed E-state index contributed by atoms with van der Waals surface area (Å²) in [4.78, 5) is 52.7. The molecule has 244 valence electrons. The zero-order valence-electron chi connectivity index (χ0n) is 25.7. The van der Waals surface area contributed by atoms with Gasteiger partial charge in [-0.25, -0.2) is 14.2 Å². The summed E-state index contributed by atoms with van der Waals surface area (Å²) < 4.78 is 20.9. The van der Waals surface area contributed by atoms with Gasteiger partial charge in [-0.15, -0.1) is 0 Å². The van der Waals surface area contributed by atoms with E-state index in [9.17, 15) is 28.7 Å². The quantitative estimate of drug-likeness (QED) is 0.262. The number of esters is 1. The van der Waals surface area contributed by atoms with Gasteiger partial charge in [-0.3, -0.25) is 14.4 Å². The molecule has 2 amide bonds. The van der Waals surface area contributed by atoms with Crippen molar-refractivity contribution in [3.63, 3.8) is 0 Å². The molecule has 12 nitrogen and oxygen atoms in total. The van der Waals surface area contributed by atoms with E-state index in [0.717, 1.165) is 39.8 Å². The molecule has 4 N–H and O–H groups in total. The normalized spacial score (nSPS) is 15.9. The van der Waals surface area contributed by atoms with Gasteiger partial charge in [-0.2, -0.15) is 5.26 Å². The molecule has 6 rings (SSSR count). The second-order valence-corrected chi connectivity index (χ2v) is 11.3. The van der Waals surface area contributed by atoms with Crippen molar-refractivity contribution in [2.24, 2.45) is 5.73 Å². The summed E-state index contributed by atoms with van der Waals surface area (Å²) in [6, 6.07) is 4.80. The van der Waals surface area contributed by atoms with Crippen molar-refractivity contribution < 1.29 is 33.7 Å². The van der Waals surface area contributed by atoms with Crippen LogP contribution in [0.1, 0.15) is 74.0 Å². The first kappa shape index (κ1) is 34.5. The Morgan fingerprint density at radius 2 is 1.93 bits per heavy atom. The number of aliphatic hydroxyl groups is 2. The minimum absolute atomic E-state index is 0.0382. The van der Waals surface area contributed by atoms with Crippen molar-refractivity contribution in [1.29, 1.82) is 5.26 Å². The molecule has 0 saturated heterocycles. The van der Waals surface area contributed by atoms with Crippen LogP contribution < -0.4 is 11.3 Å². The van der Waals surface area contributed by atoms with E-state index in [1.807, 2.05) is 19.9 Å². The van der Waals surface area contributed by atoms with Crippen molar-refractivity contribution in [1.82, 2.24) is 14.5 Å². The Labute approximate surface area is 269 Å². The van der Waals surface area contributed by atoms with E-state index in [1.165, 1.54) is 13.0 Å². The molecule has 0 spiro atoms. The fourth-order valence-corrected chi connectivity index (χ4v) is 6.19. The molecule has 2 aliphatic heterocycles. The van der Waals surface area contributed by atoms with E-state index >= 15 is 0 Å². The van der Waals surface area contributed by atoms with Crippen LogP contribution in [0.2, 0.25) is 5.02 Å². The van der Waals surface area contributed by atoms with Crippen molar-refractivity contribution in [2.45, 2.75) is 78.2 Å². The number of fused-ring (bicyclic) bond motifs is 5. The first-order chi connectivity index (χ1) is 21.9. The Kier molecular flexibility index (Phi) is 10.8. The Bertz CT molecular complexity index is 1820. The number of aliphatic hydroxyl groups excluding tert-OH is 2. The highest BCUT2D eigenvalue weighted by atomic mass is 35.5. The number of rotatable bonds is 6. The molecule has 46 heavy (non-hydrogen) atoms. The molecular formula is C32H35ClFN5O7. The number of cyclic esters (lactones) is 1. The first-order valence-corrected chi connectivity index (χ1v) is 15.4. The molecular weight excluding hydrogens is 621 g/mol. The summed E-state index contributed by atoms with van der Waals surface area (Å²) in [5.41, 5.74) is 9.54. The lowest BCUT2D eigenvalue weighted by Crippen LogP contribution is -2.42. The lowest BCUT2D eigenvalue weighted by molar-refractivity contribution is -0.157. The number of amides is 2. The fraction of sp³-hybridized carbons (Fsp3) is 0.438. The number of ether oxygens (including phenoxy) is 1. The predicted molar refractivity (Wildman–Crippen MR) is 166 cm³/mol. The van der Waals surface area contributed by atoms with Crippen LogP contribution in [0.25, 0.3) is 22.3 Å². The third kappa shape index (κ3) is 6.60. The lowest BCUT2D eigenvalue weighted by atomic mass is 9.87. The molecule has 3 aromatic rings. The third-order valence-electron chi connectivity index (χ3n) is 7.84. The van der Waals surface area contributed by atoms with Crippen molar-refractivity contribution in [3.05, 3.63) is 61.1 Å². The van der Waals surface area contributed by atoms with Gasteiger partial charge in [-0.1, -0.05) is 25.4 Å². The average molecular weight is 656 g/mol. The summed E-state index contributed by atoms with van der Waals surface area (Å²) in [7, 11) is 0. The van der Waals surface area contributed by atoms with E-state index in [2.05, 4.69) is 4.98 Å². The molecule has 0 bridgehead atoms. The van der Waals surface area contributed by atoms with Gasteiger partial charge in [0.15, 0.2) is 6.10 Å². The zero-order valence-corrected chi connectivity index (χ0v) is 26.5. The van der Waals surface area contributed by atoms with Crippen LogP contribution in [-0.2, 0) is 45.1 Å². The van der Waals surface area contributed by atoms with E-state index in [0.29, 0.717) is 29.9 Å². The monoisotopic (exact) mass is 655 g/mol. The highest BCUT2D eigenvalue weighted by Gasteiger charge is 2.35. The largest absolute Gasteiger partial charge is 0.458 e. The van der Waals surface area contributed by atoms with Gasteiger partial charge in [0, 0.05) is 42.0 Å². The minimum atomic E-state index is -1.50. The summed E-state index contributed by atoms with van der Waals surface area (Å²) in [5, 5.41) is 28.6. The number of primary amides is 1. The number of aryl methyl sites for hydroxylation is 2. The standard InChI is InChI=1S/C21H14ClFN2O4.C9H15N3O3.C2H6/c22-17-9-3-1-2-8-11-6-25-15(18(11)24-14(16(8)9)5-13(17)23)4-10-12(20(25)27)7-29-21(28)19(10)26;1-7(13)5-12(6-8(11)14)9(15)3-2-4-10;1-2/h4-5,19,26H,1-3,6-7H2;7,13H,2-3,5-6H2,1H3,(H2,11,14);1-2H3. The Morgan fingerprint density at radius 3 is 2.59 bits per heavy atom. The number of nitriles is 1. The Balaban J connectivity index is 0.000000242. The SMILES string of the molecule is CC.CC(O)CN(CC(N)=O)C(=O)CCC#N.O=C1OCc2c(cc3n(c2=O)Cc2c-3nc3cc(F)c(Cl)c4c3c2CCC4)C1O. The molecule has 3 aliphatic rings. The number of nitrogens with zero attached hydrogens (tertiary/aromatic N) is 4. The zero-order chi connectivity index (χ0) is 33.9. The molecule has 2 aromatic heterocycles. The summed E-state index contributed by atoms with van der Waals surface area (Å²) in [6.07, 6.45) is 0.226. The molecule has 0 saturated carbocycles. The molecule has 0 fully saturated rings. The van der Waals surface area contributed by atoms with Crippen LogP contribution in [0.3, 0.4) is 0 Å². The fourth-order valence-electron chi connectivity index (χ4n) is 5.95. The highest BCUT2D eigenvalue weighted by Crippen LogP contribution is 2.43. The molecule has 4 heterocycles. The van der Waals surface area contributed by atoms with Crippen LogP contribution in [0.15, 0.2) is 16.9 Å². The number of carbonyl (C=O) groups is 3. The number of hydrogen-bond donors (Lipinski definition) is 3. The van der Waals surface area contributed by atoms with Gasteiger partial charge >= 0.3 is 5.97 Å². The predicted octanol–water partition coefficient (Wildman–Crippen LogP) is 2.81. The van der Waals surface area contributed by atoms with E-state index < -0.39 is 29.9 Å². The van der Waals surface area contributed by atoms with Crippen molar-refractivity contribution in [2.75, 3.05) is 13.1 Å². The van der Waals surface area contributed by atoms with Gasteiger partial charge in [0.25, 0.3) is 5.56 Å². The lowest BCUT2D eigenvalue weighted by Gasteiger charge is -2.22. The number of hydrogen-bond acceptors (Lipinski definition) is 9. The number of nitrogens with two attached hydrogens (primary N) is 1.